The number of rotatable bonds is 2. The Morgan fingerprint density at radius 1 is 1.31 bits per heavy atom. The average Bonchev–Trinajstić information content (AvgIpc) is 2.27. The number of primary amides is 1. The number of amides is 1. The van der Waals surface area contributed by atoms with E-state index in [1.807, 2.05) is 37.3 Å². The predicted octanol–water partition coefficient (Wildman–Crippen LogP) is 2.04. The van der Waals surface area contributed by atoms with Crippen molar-refractivity contribution >= 4 is 22.9 Å². The first kappa shape index (κ1) is 10.4. The van der Waals surface area contributed by atoms with E-state index in [0.717, 1.165) is 22.2 Å². The molecule has 1 aromatic carbocycles. The van der Waals surface area contributed by atoms with Gasteiger partial charge in [-0.1, -0.05) is 24.3 Å². The lowest BCUT2D eigenvalue weighted by Gasteiger charge is -2.01. The summed E-state index contributed by atoms with van der Waals surface area (Å²) in [7, 11) is 0. The van der Waals surface area contributed by atoms with Crippen LogP contribution in [0.25, 0.3) is 17.0 Å². The number of hydrogen-bond donors (Lipinski definition) is 1. The number of nitrogens with zero attached hydrogens (tertiary/aromatic N) is 1. The third-order valence-electron chi connectivity index (χ3n) is 2.36. The lowest BCUT2D eigenvalue weighted by molar-refractivity contribution is -0.113. The van der Waals surface area contributed by atoms with Crippen molar-refractivity contribution < 1.29 is 4.79 Å². The highest BCUT2D eigenvalue weighted by Crippen LogP contribution is 2.16. The number of hydrogen-bond acceptors (Lipinski definition) is 2. The summed E-state index contributed by atoms with van der Waals surface area (Å²) in [5, 5.41) is 1.09. The van der Waals surface area contributed by atoms with Crippen LogP contribution >= 0.6 is 0 Å². The monoisotopic (exact) mass is 212 g/mol. The lowest BCUT2D eigenvalue weighted by Crippen LogP contribution is -2.05. The smallest absolute Gasteiger partial charge is 0.241 e. The van der Waals surface area contributed by atoms with Crippen LogP contribution in [-0.4, -0.2) is 10.9 Å². The number of fused-ring (bicyclic) bond motifs is 1. The number of pyridine rings is 1. The molecule has 3 nitrogen and oxygen atoms in total. The quantitative estimate of drug-likeness (QED) is 0.774. The van der Waals surface area contributed by atoms with E-state index >= 15 is 0 Å². The molecular formula is C13H12N2O. The molecule has 16 heavy (non-hydrogen) atoms. The molecule has 3 heteroatoms. The first-order valence-electron chi connectivity index (χ1n) is 5.01. The van der Waals surface area contributed by atoms with E-state index in [1.54, 1.807) is 6.08 Å². The number of aromatic nitrogens is 1. The number of nitrogens with two attached hydrogens (primary N) is 1. The zero-order valence-electron chi connectivity index (χ0n) is 8.97. The summed E-state index contributed by atoms with van der Waals surface area (Å²) >= 11 is 0. The molecule has 0 bridgehead atoms. The second-order valence-electron chi connectivity index (χ2n) is 3.62. The van der Waals surface area contributed by atoms with Gasteiger partial charge in [0.15, 0.2) is 0 Å². The van der Waals surface area contributed by atoms with Gasteiger partial charge in [-0.25, -0.2) is 4.98 Å². The van der Waals surface area contributed by atoms with Gasteiger partial charge in [0.1, 0.15) is 0 Å². The highest BCUT2D eigenvalue weighted by Gasteiger charge is 1.98. The molecule has 2 rings (SSSR count). The van der Waals surface area contributed by atoms with Crippen LogP contribution in [0.5, 0.6) is 0 Å². The van der Waals surface area contributed by atoms with Crippen molar-refractivity contribution in [3.05, 3.63) is 47.7 Å². The van der Waals surface area contributed by atoms with Gasteiger partial charge >= 0.3 is 0 Å². The standard InChI is InChI=1S/C13H12N2O/c1-9-3-2-4-10-5-6-11(15-13(9)10)7-8-12(14)16/h2-8H,1H3,(H2,14,16)/b8-7+. The SMILES string of the molecule is Cc1cccc2ccc(/C=C/C(N)=O)nc12. The van der Waals surface area contributed by atoms with Crippen molar-refractivity contribution in [2.75, 3.05) is 0 Å². The summed E-state index contributed by atoms with van der Waals surface area (Å²) in [6, 6.07) is 9.86. The Hall–Kier alpha value is -2.16. The number of benzene rings is 1. The lowest BCUT2D eigenvalue weighted by atomic mass is 10.1. The molecule has 0 saturated carbocycles. The second-order valence-corrected chi connectivity index (χ2v) is 3.62. The largest absolute Gasteiger partial charge is 0.366 e. The number of carbonyl (C=O) groups is 1. The highest BCUT2D eigenvalue weighted by atomic mass is 16.1. The van der Waals surface area contributed by atoms with Crippen molar-refractivity contribution in [3.63, 3.8) is 0 Å². The fourth-order valence-corrected chi connectivity index (χ4v) is 1.57. The van der Waals surface area contributed by atoms with Gasteiger partial charge in [-0.05, 0) is 24.6 Å². The van der Waals surface area contributed by atoms with Crippen LogP contribution in [0.3, 0.4) is 0 Å². The molecule has 2 aromatic rings. The Morgan fingerprint density at radius 3 is 2.88 bits per heavy atom. The molecule has 1 amide bonds. The van der Waals surface area contributed by atoms with E-state index in [4.69, 9.17) is 5.73 Å². The van der Waals surface area contributed by atoms with Gasteiger partial charge in [-0.3, -0.25) is 4.79 Å². The Kier molecular flexibility index (Phi) is 2.68. The molecule has 1 aromatic heterocycles. The fourth-order valence-electron chi connectivity index (χ4n) is 1.57. The number of para-hydroxylation sites is 1. The van der Waals surface area contributed by atoms with Gasteiger partial charge in [-0.2, -0.15) is 0 Å². The molecule has 1 heterocycles. The molecule has 0 spiro atoms. The summed E-state index contributed by atoms with van der Waals surface area (Å²) in [6.45, 7) is 2.01. The van der Waals surface area contributed by atoms with Crippen molar-refractivity contribution in [3.8, 4) is 0 Å². The second kappa shape index (κ2) is 4.14. The van der Waals surface area contributed by atoms with Gasteiger partial charge in [0.2, 0.25) is 5.91 Å². The Labute approximate surface area is 93.6 Å². The summed E-state index contributed by atoms with van der Waals surface area (Å²) in [4.78, 5) is 15.1. The highest BCUT2D eigenvalue weighted by molar-refractivity contribution is 5.90. The minimum atomic E-state index is -0.466. The maximum absolute atomic E-state index is 10.6. The molecule has 80 valence electrons. The van der Waals surface area contributed by atoms with E-state index < -0.39 is 5.91 Å². The van der Waals surface area contributed by atoms with E-state index in [9.17, 15) is 4.79 Å². The molecule has 0 aliphatic heterocycles. The van der Waals surface area contributed by atoms with Crippen molar-refractivity contribution in [1.82, 2.24) is 4.98 Å². The third-order valence-corrected chi connectivity index (χ3v) is 2.36. The van der Waals surface area contributed by atoms with Crippen LogP contribution in [0, 0.1) is 6.92 Å². The van der Waals surface area contributed by atoms with E-state index in [1.165, 1.54) is 6.08 Å². The van der Waals surface area contributed by atoms with Crippen LogP contribution in [0.15, 0.2) is 36.4 Å². The first-order valence-corrected chi connectivity index (χ1v) is 5.01. The van der Waals surface area contributed by atoms with E-state index in [-0.39, 0.29) is 0 Å². The first-order chi connectivity index (χ1) is 7.66. The van der Waals surface area contributed by atoms with Crippen molar-refractivity contribution in [2.24, 2.45) is 5.73 Å². The third kappa shape index (κ3) is 2.08. The normalized spacial score (nSPS) is 11.1. The summed E-state index contributed by atoms with van der Waals surface area (Å²) in [5.41, 5.74) is 7.84. The molecule has 0 radical (unpaired) electrons. The van der Waals surface area contributed by atoms with Gasteiger partial charge in [0, 0.05) is 11.5 Å². The van der Waals surface area contributed by atoms with Gasteiger partial charge in [-0.15, -0.1) is 0 Å². The Bertz CT molecular complexity index is 573. The maximum atomic E-state index is 10.6. The maximum Gasteiger partial charge on any atom is 0.241 e. The molecule has 0 aliphatic rings. The van der Waals surface area contributed by atoms with E-state index in [0.29, 0.717) is 0 Å². The molecule has 0 saturated heterocycles. The van der Waals surface area contributed by atoms with Gasteiger partial charge in [0.05, 0.1) is 11.2 Å². The zero-order valence-corrected chi connectivity index (χ0v) is 8.97. The van der Waals surface area contributed by atoms with Crippen molar-refractivity contribution in [1.29, 1.82) is 0 Å². The van der Waals surface area contributed by atoms with Gasteiger partial charge in [0.25, 0.3) is 0 Å². The Morgan fingerprint density at radius 2 is 2.12 bits per heavy atom. The number of carbonyl (C=O) groups excluding carboxylic acids is 1. The van der Waals surface area contributed by atoms with Crippen LogP contribution in [0.4, 0.5) is 0 Å². The molecule has 0 fully saturated rings. The number of aryl methyl sites for hydroxylation is 1. The topological polar surface area (TPSA) is 56.0 Å². The molecule has 0 unspecified atom stereocenters. The van der Waals surface area contributed by atoms with Crippen molar-refractivity contribution in [2.45, 2.75) is 6.92 Å². The van der Waals surface area contributed by atoms with Crippen LogP contribution in [-0.2, 0) is 4.79 Å². The van der Waals surface area contributed by atoms with E-state index in [2.05, 4.69) is 4.98 Å². The predicted molar refractivity (Wildman–Crippen MR) is 64.7 cm³/mol. The van der Waals surface area contributed by atoms with Gasteiger partial charge < -0.3 is 5.73 Å². The van der Waals surface area contributed by atoms with Crippen LogP contribution in [0.2, 0.25) is 0 Å². The molecule has 0 atom stereocenters. The zero-order chi connectivity index (χ0) is 11.5. The molecule has 0 aliphatic carbocycles. The summed E-state index contributed by atoms with van der Waals surface area (Å²) in [5.74, 6) is -0.466. The summed E-state index contributed by atoms with van der Waals surface area (Å²) < 4.78 is 0. The fraction of sp³-hybridized carbons (Fsp3) is 0.0769. The minimum Gasteiger partial charge on any atom is -0.366 e. The Balaban J connectivity index is 2.51. The molecular weight excluding hydrogens is 200 g/mol. The average molecular weight is 212 g/mol. The van der Waals surface area contributed by atoms with Crippen LogP contribution < -0.4 is 5.73 Å². The molecule has 2 N–H and O–H groups in total. The summed E-state index contributed by atoms with van der Waals surface area (Å²) in [6.07, 6.45) is 2.93. The minimum absolute atomic E-state index is 0.466. The van der Waals surface area contributed by atoms with Crippen LogP contribution in [0.1, 0.15) is 11.3 Å².